The van der Waals surface area contributed by atoms with Crippen LogP contribution in [0.5, 0.6) is 5.75 Å². The van der Waals surface area contributed by atoms with Gasteiger partial charge in [-0.1, -0.05) is 0 Å². The number of methoxy groups -OCH3 is 1. The number of rotatable bonds is 7. The predicted octanol–water partition coefficient (Wildman–Crippen LogP) is 3.25. The Hall–Kier alpha value is -3.05. The smallest absolute Gasteiger partial charge is 0.282 e. The van der Waals surface area contributed by atoms with Crippen molar-refractivity contribution < 1.29 is 13.2 Å². The van der Waals surface area contributed by atoms with Gasteiger partial charge >= 0.3 is 0 Å². The normalized spacial score (nSPS) is 24.5. The number of anilines is 3. The third-order valence-electron chi connectivity index (χ3n) is 7.37. The first-order valence-corrected chi connectivity index (χ1v) is 14.6. The number of nitrogens with zero attached hydrogens (tertiary/aromatic N) is 6. The second-order valence-corrected chi connectivity index (χ2v) is 12.9. The van der Waals surface area contributed by atoms with E-state index in [0.717, 1.165) is 33.8 Å². The highest BCUT2D eigenvalue weighted by Crippen LogP contribution is 2.41. The van der Waals surface area contributed by atoms with E-state index in [0.29, 0.717) is 43.4 Å². The van der Waals surface area contributed by atoms with Crippen LogP contribution in [0.3, 0.4) is 0 Å². The molecule has 0 unspecified atom stereocenters. The van der Waals surface area contributed by atoms with Crippen molar-refractivity contribution in [2.45, 2.75) is 50.7 Å². The summed E-state index contributed by atoms with van der Waals surface area (Å²) in [5, 5.41) is 17.5. The van der Waals surface area contributed by atoms with Crippen LogP contribution in [0.15, 0.2) is 24.4 Å². The molecule has 3 atom stereocenters. The van der Waals surface area contributed by atoms with E-state index in [1.54, 1.807) is 22.8 Å². The monoisotopic (exact) mass is 540 g/mol. The van der Waals surface area contributed by atoms with Crippen LogP contribution < -0.4 is 15.4 Å². The first kappa shape index (κ1) is 24.3. The van der Waals surface area contributed by atoms with Crippen LogP contribution in [0.2, 0.25) is 0 Å². The van der Waals surface area contributed by atoms with Crippen molar-refractivity contribution in [1.29, 1.82) is 5.26 Å². The maximum absolute atomic E-state index is 13.3. The molecule has 3 aromatic rings. The van der Waals surface area contributed by atoms with E-state index < -0.39 is 10.2 Å². The van der Waals surface area contributed by atoms with Crippen LogP contribution in [0.25, 0.3) is 10.9 Å². The molecule has 0 amide bonds. The molecule has 6 rings (SSSR count). The Morgan fingerprint density at radius 3 is 2.59 bits per heavy atom. The van der Waals surface area contributed by atoms with E-state index >= 15 is 0 Å². The van der Waals surface area contributed by atoms with Gasteiger partial charge in [-0.2, -0.15) is 27.3 Å². The van der Waals surface area contributed by atoms with E-state index in [-0.39, 0.29) is 24.0 Å². The predicted molar refractivity (Wildman–Crippen MR) is 141 cm³/mol. The molecule has 3 saturated heterocycles. The van der Waals surface area contributed by atoms with Crippen LogP contribution in [0.4, 0.5) is 16.9 Å². The molecule has 0 saturated carbocycles. The fourth-order valence-electron chi connectivity index (χ4n) is 5.56. The molecule has 1 aromatic carbocycles. The highest BCUT2D eigenvalue weighted by Gasteiger charge is 2.51. The Bertz CT molecular complexity index is 1470. The Labute approximate surface area is 219 Å². The lowest BCUT2D eigenvalue weighted by Crippen LogP contribution is -2.59. The second-order valence-electron chi connectivity index (χ2n) is 9.86. The van der Waals surface area contributed by atoms with Crippen molar-refractivity contribution >= 4 is 49.3 Å². The second kappa shape index (κ2) is 9.36. The summed E-state index contributed by atoms with van der Waals surface area (Å²) in [6.07, 6.45) is 4.85. The molecule has 37 heavy (non-hydrogen) atoms. The van der Waals surface area contributed by atoms with E-state index in [1.807, 2.05) is 31.3 Å². The number of hydrogen-bond donors (Lipinski definition) is 2. The highest BCUT2D eigenvalue weighted by molar-refractivity contribution is 7.86. The van der Waals surface area contributed by atoms with E-state index in [2.05, 4.69) is 21.7 Å². The van der Waals surface area contributed by atoms with Gasteiger partial charge in [0.15, 0.2) is 5.13 Å². The molecule has 2 bridgehead atoms. The third kappa shape index (κ3) is 4.48. The molecule has 3 aliphatic heterocycles. The fraction of sp³-hybridized carbons (Fsp3) is 0.500. The zero-order chi connectivity index (χ0) is 25.7. The van der Waals surface area contributed by atoms with Gasteiger partial charge < -0.3 is 15.4 Å². The van der Waals surface area contributed by atoms with E-state index in [4.69, 9.17) is 20.0 Å². The molecular formula is C24H28N8O3S2. The van der Waals surface area contributed by atoms with Gasteiger partial charge in [-0.3, -0.25) is 0 Å². The van der Waals surface area contributed by atoms with Crippen LogP contribution in [-0.2, 0) is 10.2 Å². The summed E-state index contributed by atoms with van der Waals surface area (Å²) in [6, 6.07) is 7.74. The van der Waals surface area contributed by atoms with Crippen molar-refractivity contribution in [1.82, 2.24) is 23.6 Å². The van der Waals surface area contributed by atoms with Crippen molar-refractivity contribution in [2.75, 3.05) is 30.8 Å². The number of nitrogens with one attached hydrogen (secondary N) is 2. The van der Waals surface area contributed by atoms with E-state index in [9.17, 15) is 8.42 Å². The number of nitriles is 1. The minimum atomic E-state index is -3.55. The average molecular weight is 541 g/mol. The number of ether oxygens (including phenoxy) is 1. The number of aromatic nitrogens is 3. The molecule has 0 radical (unpaired) electrons. The van der Waals surface area contributed by atoms with Crippen molar-refractivity contribution in [2.24, 2.45) is 5.92 Å². The molecule has 194 valence electrons. The Kier molecular flexibility index (Phi) is 6.15. The minimum Gasteiger partial charge on any atom is -0.497 e. The zero-order valence-electron chi connectivity index (χ0n) is 20.6. The van der Waals surface area contributed by atoms with Gasteiger partial charge in [-0.05, 0) is 44.7 Å². The summed E-state index contributed by atoms with van der Waals surface area (Å²) >= 11 is 1.55. The van der Waals surface area contributed by atoms with Crippen molar-refractivity contribution in [3.05, 3.63) is 29.3 Å². The number of fused-ring (bicyclic) bond motifs is 3. The Morgan fingerprint density at radius 2 is 1.95 bits per heavy atom. The molecule has 11 nitrogen and oxygen atoms in total. The summed E-state index contributed by atoms with van der Waals surface area (Å²) < 4.78 is 35.1. The number of aryl methyl sites for hydroxylation is 1. The van der Waals surface area contributed by atoms with Crippen molar-refractivity contribution in [3.63, 3.8) is 0 Å². The average Bonchev–Trinajstić information content (AvgIpc) is 3.38. The van der Waals surface area contributed by atoms with Gasteiger partial charge in [0.25, 0.3) is 10.2 Å². The molecule has 2 N–H and O–H groups in total. The molecule has 0 aliphatic carbocycles. The van der Waals surface area contributed by atoms with Gasteiger partial charge in [0.05, 0.1) is 24.6 Å². The highest BCUT2D eigenvalue weighted by atomic mass is 32.2. The fourth-order valence-corrected chi connectivity index (χ4v) is 8.37. The molecule has 3 aliphatic rings. The number of piperidine rings is 1. The van der Waals surface area contributed by atoms with Gasteiger partial charge in [-0.15, -0.1) is 11.3 Å². The number of hydrogen-bond acceptors (Lipinski definition) is 10. The number of thiazole rings is 1. The lowest BCUT2D eigenvalue weighted by Gasteiger charge is -2.43. The summed E-state index contributed by atoms with van der Waals surface area (Å²) in [4.78, 5) is 15.1. The minimum absolute atomic E-state index is 0.0465. The summed E-state index contributed by atoms with van der Waals surface area (Å²) in [5.41, 5.74) is 0.737. The van der Waals surface area contributed by atoms with Gasteiger partial charge in [-0.25, -0.2) is 9.97 Å². The van der Waals surface area contributed by atoms with E-state index in [1.165, 1.54) is 4.31 Å². The molecule has 13 heteroatoms. The maximum Gasteiger partial charge on any atom is 0.282 e. The largest absolute Gasteiger partial charge is 0.497 e. The lowest BCUT2D eigenvalue weighted by molar-refractivity contribution is 0.182. The van der Waals surface area contributed by atoms with Gasteiger partial charge in [0.2, 0.25) is 5.95 Å². The Balaban J connectivity index is 1.23. The SMILES string of the molecule is COc1ccc2c(Nc3ncc(C)s3)nc(N[C@@H]3C[C@H]4CC[C@@H](C3)N4S(=O)(=O)N3CC(C#N)C3)nc2c1. The summed E-state index contributed by atoms with van der Waals surface area (Å²) in [6.45, 7) is 2.59. The molecule has 3 fully saturated rings. The van der Waals surface area contributed by atoms with Crippen molar-refractivity contribution in [3.8, 4) is 11.8 Å². The van der Waals surface area contributed by atoms with Crippen LogP contribution in [0, 0.1) is 24.2 Å². The summed E-state index contributed by atoms with van der Waals surface area (Å²) in [5.74, 6) is 1.63. The van der Waals surface area contributed by atoms with Crippen LogP contribution in [0.1, 0.15) is 30.6 Å². The first-order chi connectivity index (χ1) is 17.8. The molecule has 0 spiro atoms. The summed E-state index contributed by atoms with van der Waals surface area (Å²) in [7, 11) is -1.93. The standard InChI is InChI=1S/C24H28N8O3S2/c1-14-11-26-24(36-14)30-22-20-6-5-19(35-2)9-21(20)28-23(29-22)27-16-7-17-3-4-18(8-16)32(17)37(33,34)31-12-15(10-25)13-31/h5-6,9,11,15-18H,3-4,7-8,12-13H2,1-2H3,(H2,26,27,28,29,30)/t16-,17-,18+. The lowest BCUT2D eigenvalue weighted by atomic mass is 10.00. The first-order valence-electron chi connectivity index (χ1n) is 12.3. The van der Waals surface area contributed by atoms with Crippen LogP contribution in [-0.4, -0.2) is 70.3 Å². The third-order valence-corrected chi connectivity index (χ3v) is 10.3. The van der Waals surface area contributed by atoms with Gasteiger partial charge in [0, 0.05) is 53.7 Å². The Morgan fingerprint density at radius 1 is 1.19 bits per heavy atom. The maximum atomic E-state index is 13.3. The number of benzene rings is 1. The molecule has 5 heterocycles. The quantitative estimate of drug-likeness (QED) is 0.463. The molecule has 2 aromatic heterocycles. The molecular weight excluding hydrogens is 512 g/mol. The van der Waals surface area contributed by atoms with Crippen LogP contribution >= 0.6 is 11.3 Å². The topological polar surface area (TPSA) is 136 Å². The zero-order valence-corrected chi connectivity index (χ0v) is 22.2. The van der Waals surface area contributed by atoms with Gasteiger partial charge in [0.1, 0.15) is 11.6 Å².